The monoisotopic (exact) mass is 613 g/mol. The van der Waals surface area contributed by atoms with Crippen molar-refractivity contribution in [1.82, 2.24) is 35.1 Å². The Morgan fingerprint density at radius 3 is 2.39 bits per heavy atom. The van der Waals surface area contributed by atoms with Crippen molar-refractivity contribution in [3.8, 4) is 28.3 Å². The molecule has 5 rings (SSSR count). The van der Waals surface area contributed by atoms with Crippen molar-refractivity contribution < 1.29 is 14.6 Å². The van der Waals surface area contributed by atoms with Crippen LogP contribution in [-0.4, -0.2) is 66.3 Å². The van der Waals surface area contributed by atoms with Gasteiger partial charge in [-0.15, -0.1) is 10.2 Å². The molecule has 3 aromatic carbocycles. The van der Waals surface area contributed by atoms with Crippen molar-refractivity contribution in [2.75, 3.05) is 14.1 Å². The van der Waals surface area contributed by atoms with Crippen LogP contribution in [-0.2, 0) is 35.5 Å². The molecule has 5 aromatic rings. The van der Waals surface area contributed by atoms with Gasteiger partial charge in [0.15, 0.2) is 5.15 Å². The number of likely N-dealkylation sites (N-methyl/N-ethyl adjacent to an activating group) is 1. The van der Waals surface area contributed by atoms with E-state index in [1.807, 2.05) is 43.3 Å². The first-order valence-corrected chi connectivity index (χ1v) is 15.0. The third-order valence-electron chi connectivity index (χ3n) is 7.59. The number of hydrogen-bond acceptors (Lipinski definition) is 8. The van der Waals surface area contributed by atoms with E-state index < -0.39 is 6.04 Å². The zero-order valence-corrected chi connectivity index (χ0v) is 25.8. The van der Waals surface area contributed by atoms with Crippen LogP contribution in [0.2, 0.25) is 5.15 Å². The molecule has 228 valence electrons. The lowest BCUT2D eigenvalue weighted by atomic mass is 9.98. The Labute approximate surface area is 261 Å². The summed E-state index contributed by atoms with van der Waals surface area (Å²) in [6.07, 6.45) is 3.20. The molecule has 2 N–H and O–H groups in total. The van der Waals surface area contributed by atoms with Crippen LogP contribution in [0.25, 0.3) is 22.5 Å². The normalized spacial score (nSPS) is 12.0. The van der Waals surface area contributed by atoms with Gasteiger partial charge in [-0.05, 0) is 66.5 Å². The average molecular weight is 614 g/mol. The molecule has 10 nitrogen and oxygen atoms in total. The molecule has 0 saturated heterocycles. The number of aromatic amines is 1. The molecule has 0 amide bonds. The number of carbonyl (C=O) groups excluding carboxylic acids is 1. The van der Waals surface area contributed by atoms with Crippen molar-refractivity contribution in [1.29, 1.82) is 0 Å². The smallest absolute Gasteiger partial charge is 0.324 e. The second-order valence-electron chi connectivity index (χ2n) is 10.9. The van der Waals surface area contributed by atoms with Crippen molar-refractivity contribution in [2.24, 2.45) is 0 Å². The molecule has 2 heterocycles. The highest BCUT2D eigenvalue weighted by Crippen LogP contribution is 2.30. The number of carbonyl (C=O) groups is 1. The Morgan fingerprint density at radius 1 is 1.02 bits per heavy atom. The molecule has 44 heavy (non-hydrogen) atoms. The molecular weight excluding hydrogens is 578 g/mol. The van der Waals surface area contributed by atoms with Crippen LogP contribution in [0.15, 0.2) is 72.8 Å². The van der Waals surface area contributed by atoms with Crippen LogP contribution >= 0.6 is 11.6 Å². The zero-order valence-electron chi connectivity index (χ0n) is 25.1. The molecule has 11 heteroatoms. The third-order valence-corrected chi connectivity index (χ3v) is 7.89. The number of ether oxygens (including phenoxy) is 1. The molecule has 0 radical (unpaired) electrons. The molecule has 0 unspecified atom stereocenters. The van der Waals surface area contributed by atoms with Crippen LogP contribution < -0.4 is 0 Å². The minimum absolute atomic E-state index is 0.00681. The van der Waals surface area contributed by atoms with Gasteiger partial charge >= 0.3 is 5.97 Å². The van der Waals surface area contributed by atoms with Crippen molar-refractivity contribution in [2.45, 2.75) is 51.8 Å². The number of aryl methyl sites for hydroxylation is 1. The molecule has 1 atom stereocenters. The Bertz CT molecular complexity index is 1670. The molecule has 2 aromatic heterocycles. The first-order chi connectivity index (χ1) is 21.3. The van der Waals surface area contributed by atoms with Gasteiger partial charge < -0.3 is 14.4 Å². The summed E-state index contributed by atoms with van der Waals surface area (Å²) in [5, 5.41) is 24.5. The standard InChI is InChI=1S/C33H36ClN7O3/c1-4-5-10-30-35-31(34)29(21-44-33(43)28(40(2)3)19-22-13-17-25(42)18-14-22)41(30)20-23-11-15-24(16-12-23)26-8-6-7-9-27(26)32-36-38-39-37-32/h6-9,11-18,28,42H,4-5,10,19-21H2,1-3H3,(H,36,37,38,39)/t28-/m0/s1. The number of phenolic OH excluding ortho intramolecular Hbond substituents is 1. The van der Waals surface area contributed by atoms with E-state index in [2.05, 4.69) is 61.4 Å². The fourth-order valence-electron chi connectivity index (χ4n) is 5.10. The molecule has 0 fully saturated rings. The highest BCUT2D eigenvalue weighted by molar-refractivity contribution is 6.30. The zero-order chi connectivity index (χ0) is 31.1. The molecule has 0 aliphatic rings. The number of hydrogen-bond donors (Lipinski definition) is 2. The first-order valence-electron chi connectivity index (χ1n) is 14.6. The lowest BCUT2D eigenvalue weighted by Crippen LogP contribution is -2.39. The van der Waals surface area contributed by atoms with Crippen molar-refractivity contribution in [3.05, 3.63) is 101 Å². The summed E-state index contributed by atoms with van der Waals surface area (Å²) in [7, 11) is 3.69. The van der Waals surface area contributed by atoms with Crippen LogP contribution in [0.3, 0.4) is 0 Å². The first kappa shape index (κ1) is 30.9. The van der Waals surface area contributed by atoms with E-state index in [4.69, 9.17) is 16.3 Å². The molecule has 0 saturated carbocycles. The molecule has 0 aliphatic heterocycles. The predicted molar refractivity (Wildman–Crippen MR) is 169 cm³/mol. The largest absolute Gasteiger partial charge is 0.508 e. The number of tetrazole rings is 1. The maximum atomic E-state index is 13.3. The number of halogens is 1. The predicted octanol–water partition coefficient (Wildman–Crippen LogP) is 5.70. The van der Waals surface area contributed by atoms with E-state index in [1.165, 1.54) is 0 Å². The number of rotatable bonds is 13. The average Bonchev–Trinajstić information content (AvgIpc) is 3.67. The van der Waals surface area contributed by atoms with Crippen molar-refractivity contribution in [3.63, 3.8) is 0 Å². The topological polar surface area (TPSA) is 122 Å². The number of H-pyrrole nitrogens is 1. The summed E-state index contributed by atoms with van der Waals surface area (Å²) < 4.78 is 7.92. The van der Waals surface area contributed by atoms with E-state index >= 15 is 0 Å². The van der Waals surface area contributed by atoms with Gasteiger partial charge in [-0.2, -0.15) is 5.21 Å². The number of esters is 1. The van der Waals surface area contributed by atoms with E-state index in [-0.39, 0.29) is 18.3 Å². The van der Waals surface area contributed by atoms with E-state index in [0.29, 0.717) is 29.6 Å². The lowest BCUT2D eigenvalue weighted by Gasteiger charge is -2.23. The second-order valence-corrected chi connectivity index (χ2v) is 11.2. The van der Waals surface area contributed by atoms with Crippen LogP contribution in [0.1, 0.15) is 42.4 Å². The van der Waals surface area contributed by atoms with Gasteiger partial charge in [-0.3, -0.25) is 9.69 Å². The SMILES string of the molecule is CCCCc1nc(Cl)c(COC(=O)[C@H](Cc2ccc(O)cc2)N(C)C)n1Cc1ccc(-c2ccccc2-c2nn[nH]n2)cc1. The Balaban J connectivity index is 1.35. The van der Waals surface area contributed by atoms with Gasteiger partial charge in [-0.1, -0.05) is 85.6 Å². The second kappa shape index (κ2) is 14.3. The Morgan fingerprint density at radius 2 is 1.73 bits per heavy atom. The number of aromatic nitrogens is 6. The quantitative estimate of drug-likeness (QED) is 0.162. The summed E-state index contributed by atoms with van der Waals surface area (Å²) >= 11 is 6.66. The number of nitrogens with one attached hydrogen (secondary N) is 1. The van der Waals surface area contributed by atoms with Gasteiger partial charge in [0, 0.05) is 18.5 Å². The summed E-state index contributed by atoms with van der Waals surface area (Å²) in [4.78, 5) is 19.8. The van der Waals surface area contributed by atoms with Crippen LogP contribution in [0.4, 0.5) is 0 Å². The Kier molecular flexibility index (Phi) is 10.0. The summed E-state index contributed by atoms with van der Waals surface area (Å²) in [6.45, 7) is 2.67. The number of benzene rings is 3. The van der Waals surface area contributed by atoms with Gasteiger partial charge in [0.2, 0.25) is 5.82 Å². The fourth-order valence-corrected chi connectivity index (χ4v) is 5.36. The van der Waals surface area contributed by atoms with E-state index in [0.717, 1.165) is 52.9 Å². The molecule has 0 aliphatic carbocycles. The molecule has 0 bridgehead atoms. The van der Waals surface area contributed by atoms with E-state index in [1.54, 1.807) is 24.3 Å². The maximum Gasteiger partial charge on any atom is 0.324 e. The number of phenols is 1. The minimum atomic E-state index is -0.503. The van der Waals surface area contributed by atoms with Crippen molar-refractivity contribution >= 4 is 17.6 Å². The summed E-state index contributed by atoms with van der Waals surface area (Å²) in [5.41, 5.74) is 5.57. The number of unbranched alkanes of at least 4 members (excludes halogenated alkanes) is 1. The van der Waals surface area contributed by atoms with Gasteiger partial charge in [0.25, 0.3) is 0 Å². The molecule has 0 spiro atoms. The van der Waals surface area contributed by atoms with Crippen LogP contribution in [0, 0.1) is 0 Å². The number of imidazole rings is 1. The van der Waals surface area contributed by atoms with Gasteiger partial charge in [0.05, 0.1) is 5.69 Å². The highest BCUT2D eigenvalue weighted by Gasteiger charge is 2.25. The van der Waals surface area contributed by atoms with Crippen LogP contribution in [0.5, 0.6) is 5.75 Å². The fraction of sp³-hybridized carbons (Fsp3) is 0.303. The van der Waals surface area contributed by atoms with E-state index in [9.17, 15) is 9.90 Å². The molecular formula is C33H36ClN7O3. The lowest BCUT2D eigenvalue weighted by molar-refractivity contribution is -0.150. The highest BCUT2D eigenvalue weighted by atomic mass is 35.5. The Hall–Kier alpha value is -4.54. The number of aromatic hydroxyl groups is 1. The number of nitrogens with zero attached hydrogens (tertiary/aromatic N) is 6. The minimum Gasteiger partial charge on any atom is -0.508 e. The van der Waals surface area contributed by atoms with Gasteiger partial charge in [0.1, 0.15) is 24.2 Å². The van der Waals surface area contributed by atoms with Gasteiger partial charge in [-0.25, -0.2) is 4.98 Å². The summed E-state index contributed by atoms with van der Waals surface area (Å²) in [5.74, 6) is 1.23. The maximum absolute atomic E-state index is 13.3. The summed E-state index contributed by atoms with van der Waals surface area (Å²) in [6, 6.07) is 22.6. The third kappa shape index (κ3) is 7.32.